The molecule has 2 aliphatic rings. The van der Waals surface area contributed by atoms with Crippen molar-refractivity contribution < 1.29 is 9.59 Å². The Labute approximate surface area is 159 Å². The summed E-state index contributed by atoms with van der Waals surface area (Å²) in [6.07, 6.45) is 5.47. The summed E-state index contributed by atoms with van der Waals surface area (Å²) in [6.45, 7) is 7.83. The molecule has 7 nitrogen and oxygen atoms in total. The molecule has 0 radical (unpaired) electrons. The summed E-state index contributed by atoms with van der Waals surface area (Å²) in [5.41, 5.74) is 1.59. The number of amides is 2. The Morgan fingerprint density at radius 2 is 1.96 bits per heavy atom. The predicted octanol–water partition coefficient (Wildman–Crippen LogP) is 1.49. The number of hydrogen-bond acceptors (Lipinski definition) is 4. The minimum Gasteiger partial charge on any atom is -0.339 e. The molecule has 0 spiro atoms. The summed E-state index contributed by atoms with van der Waals surface area (Å²) in [5, 5.41) is 4.23. The standard InChI is InChI=1S/C20H27N5O2/c1-15(2)24-8-4-6-18(20(24)27)22-9-11-23(12-10-22)19(26)16-13-17-5-3-7-21-25(17)14-16/h3,5,7,13-15,18H,4,6,8-12H2,1-2H3. The van der Waals surface area contributed by atoms with Crippen LogP contribution in [0.25, 0.3) is 5.52 Å². The van der Waals surface area contributed by atoms with Crippen LogP contribution in [0.4, 0.5) is 0 Å². The summed E-state index contributed by atoms with van der Waals surface area (Å²) >= 11 is 0. The van der Waals surface area contributed by atoms with Crippen LogP contribution in [0.3, 0.4) is 0 Å². The monoisotopic (exact) mass is 369 g/mol. The van der Waals surface area contributed by atoms with Crippen LogP contribution in [0, 0.1) is 0 Å². The normalized spacial score (nSPS) is 22.0. The first-order chi connectivity index (χ1) is 13.0. The maximum absolute atomic E-state index is 12.8. The first-order valence-electron chi connectivity index (χ1n) is 9.82. The Morgan fingerprint density at radius 3 is 2.67 bits per heavy atom. The van der Waals surface area contributed by atoms with E-state index in [1.807, 2.05) is 28.0 Å². The average Bonchev–Trinajstić information content (AvgIpc) is 3.12. The number of piperidine rings is 1. The summed E-state index contributed by atoms with van der Waals surface area (Å²) in [4.78, 5) is 31.8. The van der Waals surface area contributed by atoms with Crippen LogP contribution in [0.1, 0.15) is 37.0 Å². The van der Waals surface area contributed by atoms with Gasteiger partial charge in [-0.15, -0.1) is 0 Å². The lowest BCUT2D eigenvalue weighted by Gasteiger charge is -2.43. The average molecular weight is 369 g/mol. The van der Waals surface area contributed by atoms with Crippen molar-refractivity contribution in [3.63, 3.8) is 0 Å². The largest absolute Gasteiger partial charge is 0.339 e. The van der Waals surface area contributed by atoms with Gasteiger partial charge in [-0.1, -0.05) is 0 Å². The first kappa shape index (κ1) is 18.0. The molecule has 0 bridgehead atoms. The molecule has 27 heavy (non-hydrogen) atoms. The Kier molecular flexibility index (Phi) is 4.86. The first-order valence-corrected chi connectivity index (χ1v) is 9.82. The van der Waals surface area contributed by atoms with Crippen LogP contribution in [0.2, 0.25) is 0 Å². The van der Waals surface area contributed by atoms with E-state index in [0.717, 1.165) is 38.0 Å². The van der Waals surface area contributed by atoms with Crippen molar-refractivity contribution in [2.45, 2.75) is 38.8 Å². The quantitative estimate of drug-likeness (QED) is 0.823. The highest BCUT2D eigenvalue weighted by Crippen LogP contribution is 2.21. The Hall–Kier alpha value is -2.41. The summed E-state index contributed by atoms with van der Waals surface area (Å²) in [7, 11) is 0. The summed E-state index contributed by atoms with van der Waals surface area (Å²) in [6, 6.07) is 5.91. The zero-order valence-corrected chi connectivity index (χ0v) is 16.0. The van der Waals surface area contributed by atoms with Gasteiger partial charge >= 0.3 is 0 Å². The van der Waals surface area contributed by atoms with E-state index >= 15 is 0 Å². The van der Waals surface area contributed by atoms with Crippen LogP contribution in [0.15, 0.2) is 30.6 Å². The maximum Gasteiger partial charge on any atom is 0.255 e. The van der Waals surface area contributed by atoms with Crippen molar-refractivity contribution >= 4 is 17.3 Å². The number of aromatic nitrogens is 2. The molecule has 4 heterocycles. The number of carbonyl (C=O) groups is 2. The molecule has 4 rings (SSSR count). The molecule has 0 aliphatic carbocycles. The lowest BCUT2D eigenvalue weighted by Crippen LogP contribution is -2.59. The fraction of sp³-hybridized carbons (Fsp3) is 0.550. The second kappa shape index (κ2) is 7.31. The van der Waals surface area contributed by atoms with Gasteiger partial charge in [-0.3, -0.25) is 14.5 Å². The molecular weight excluding hydrogens is 342 g/mol. The molecule has 1 unspecified atom stereocenters. The number of fused-ring (bicyclic) bond motifs is 1. The molecule has 0 aromatic carbocycles. The van der Waals surface area contributed by atoms with Crippen LogP contribution in [-0.2, 0) is 4.79 Å². The number of carbonyl (C=O) groups excluding carboxylic acids is 2. The maximum atomic E-state index is 12.8. The van der Waals surface area contributed by atoms with Gasteiger partial charge in [0.05, 0.1) is 17.1 Å². The Bertz CT molecular complexity index is 805. The zero-order valence-electron chi connectivity index (χ0n) is 16.0. The van der Waals surface area contributed by atoms with Crippen molar-refractivity contribution in [2.75, 3.05) is 32.7 Å². The van der Waals surface area contributed by atoms with Gasteiger partial charge in [-0.25, -0.2) is 4.52 Å². The van der Waals surface area contributed by atoms with Crippen LogP contribution in [-0.4, -0.2) is 80.9 Å². The van der Waals surface area contributed by atoms with E-state index in [0.29, 0.717) is 18.7 Å². The topological polar surface area (TPSA) is 61.2 Å². The zero-order chi connectivity index (χ0) is 19.0. The number of piperazine rings is 1. The molecule has 2 aliphatic heterocycles. The Morgan fingerprint density at radius 1 is 1.19 bits per heavy atom. The smallest absolute Gasteiger partial charge is 0.255 e. The lowest BCUT2D eigenvalue weighted by molar-refractivity contribution is -0.142. The fourth-order valence-electron chi connectivity index (χ4n) is 4.21. The predicted molar refractivity (Wildman–Crippen MR) is 103 cm³/mol. The van der Waals surface area contributed by atoms with Crippen LogP contribution in [0.5, 0.6) is 0 Å². The van der Waals surface area contributed by atoms with Gasteiger partial charge in [-0.2, -0.15) is 5.10 Å². The minimum atomic E-state index is -0.0281. The van der Waals surface area contributed by atoms with E-state index in [9.17, 15) is 9.59 Å². The molecule has 2 aromatic heterocycles. The second-order valence-electron chi connectivity index (χ2n) is 7.73. The summed E-state index contributed by atoms with van der Waals surface area (Å²) in [5.74, 6) is 0.291. The van der Waals surface area contributed by atoms with Crippen molar-refractivity contribution in [1.29, 1.82) is 0 Å². The van der Waals surface area contributed by atoms with Crippen molar-refractivity contribution in [2.24, 2.45) is 0 Å². The lowest BCUT2D eigenvalue weighted by atomic mass is 10.0. The molecule has 0 saturated carbocycles. The van der Waals surface area contributed by atoms with E-state index in [1.54, 1.807) is 16.9 Å². The van der Waals surface area contributed by atoms with Gasteiger partial charge < -0.3 is 9.80 Å². The highest BCUT2D eigenvalue weighted by molar-refractivity contribution is 5.95. The highest BCUT2D eigenvalue weighted by Gasteiger charge is 2.36. The van der Waals surface area contributed by atoms with Crippen LogP contribution < -0.4 is 0 Å². The van der Waals surface area contributed by atoms with E-state index in [1.165, 1.54) is 0 Å². The molecule has 2 aromatic rings. The van der Waals surface area contributed by atoms with E-state index in [4.69, 9.17) is 0 Å². The number of nitrogens with zero attached hydrogens (tertiary/aromatic N) is 5. The Balaban J connectivity index is 1.39. The molecular formula is C20H27N5O2. The van der Waals surface area contributed by atoms with Crippen molar-refractivity contribution in [1.82, 2.24) is 24.3 Å². The third kappa shape index (κ3) is 3.43. The van der Waals surface area contributed by atoms with Gasteiger partial charge in [-0.05, 0) is 44.9 Å². The van der Waals surface area contributed by atoms with Crippen molar-refractivity contribution in [3.05, 3.63) is 36.2 Å². The molecule has 144 valence electrons. The van der Waals surface area contributed by atoms with Gasteiger partial charge in [0.15, 0.2) is 0 Å². The summed E-state index contributed by atoms with van der Waals surface area (Å²) < 4.78 is 1.73. The van der Waals surface area contributed by atoms with Crippen LogP contribution >= 0.6 is 0 Å². The molecule has 0 N–H and O–H groups in total. The molecule has 2 fully saturated rings. The third-order valence-electron chi connectivity index (χ3n) is 5.73. The molecule has 2 saturated heterocycles. The van der Waals surface area contributed by atoms with E-state index in [2.05, 4.69) is 23.8 Å². The van der Waals surface area contributed by atoms with Gasteiger partial charge in [0.25, 0.3) is 5.91 Å². The van der Waals surface area contributed by atoms with E-state index in [-0.39, 0.29) is 23.9 Å². The number of rotatable bonds is 3. The molecule has 1 atom stereocenters. The number of hydrogen-bond donors (Lipinski definition) is 0. The van der Waals surface area contributed by atoms with Crippen molar-refractivity contribution in [3.8, 4) is 0 Å². The second-order valence-corrected chi connectivity index (χ2v) is 7.73. The van der Waals surface area contributed by atoms with E-state index < -0.39 is 0 Å². The third-order valence-corrected chi connectivity index (χ3v) is 5.73. The van der Waals surface area contributed by atoms with Gasteiger partial charge in [0, 0.05) is 51.2 Å². The van der Waals surface area contributed by atoms with Gasteiger partial charge in [0.1, 0.15) is 0 Å². The van der Waals surface area contributed by atoms with Gasteiger partial charge in [0.2, 0.25) is 5.91 Å². The minimum absolute atomic E-state index is 0.0281. The molecule has 7 heteroatoms. The molecule has 2 amide bonds. The fourth-order valence-corrected chi connectivity index (χ4v) is 4.21. The number of likely N-dealkylation sites (tertiary alicyclic amines) is 1. The highest BCUT2D eigenvalue weighted by atomic mass is 16.2. The SMILES string of the molecule is CC(C)N1CCCC(N2CCN(C(=O)c3cc4cccnn4c3)CC2)C1=O.